The maximum atomic E-state index is 12.0. The summed E-state index contributed by atoms with van der Waals surface area (Å²) in [4.78, 5) is 12.0. The number of nitrogen functional groups attached to an aromatic ring is 1. The fraction of sp³-hybridized carbons (Fsp3) is 0.133. The molecule has 0 fully saturated rings. The van der Waals surface area contributed by atoms with Gasteiger partial charge in [0, 0.05) is 12.1 Å². The Hall–Kier alpha value is -1.75. The van der Waals surface area contributed by atoms with Gasteiger partial charge in [0.1, 0.15) is 0 Å². The van der Waals surface area contributed by atoms with Crippen LogP contribution >= 0.6 is 23.2 Å². The highest BCUT2D eigenvalue weighted by Crippen LogP contribution is 2.28. The average molecular weight is 325 g/mol. The summed E-state index contributed by atoms with van der Waals surface area (Å²) in [6.45, 7) is 0.360. The molecule has 2 rings (SSSR count). The molecule has 0 unspecified atom stereocenters. The molecule has 0 saturated carbocycles. The summed E-state index contributed by atoms with van der Waals surface area (Å²) >= 11 is 11.8. The van der Waals surface area contributed by atoms with Crippen molar-refractivity contribution in [2.75, 3.05) is 5.73 Å². The van der Waals surface area contributed by atoms with Gasteiger partial charge in [0.25, 0.3) is 5.91 Å². The van der Waals surface area contributed by atoms with Crippen LogP contribution in [0, 0.1) is 0 Å². The fourth-order valence-corrected chi connectivity index (χ4v) is 2.25. The summed E-state index contributed by atoms with van der Waals surface area (Å²) in [5.74, 6) is -0.287. The van der Waals surface area contributed by atoms with Crippen LogP contribution in [0.15, 0.2) is 36.4 Å². The number of nitrogens with two attached hydrogens (primary N) is 1. The minimum atomic E-state index is -0.287. The molecule has 0 aliphatic heterocycles. The summed E-state index contributed by atoms with van der Waals surface area (Å²) in [6, 6.07) is 10.3. The van der Waals surface area contributed by atoms with E-state index in [1.54, 1.807) is 12.1 Å². The molecule has 4 N–H and O–H groups in total. The van der Waals surface area contributed by atoms with Gasteiger partial charge in [-0.1, -0.05) is 47.5 Å². The Balaban J connectivity index is 2.04. The summed E-state index contributed by atoms with van der Waals surface area (Å²) in [5.41, 5.74) is 7.98. The van der Waals surface area contributed by atoms with E-state index in [1.165, 1.54) is 12.1 Å². The van der Waals surface area contributed by atoms with Crippen molar-refractivity contribution in [1.29, 1.82) is 0 Å². The monoisotopic (exact) mass is 324 g/mol. The van der Waals surface area contributed by atoms with Crippen LogP contribution in [0.2, 0.25) is 10.0 Å². The smallest absolute Gasteiger partial charge is 0.251 e. The Morgan fingerprint density at radius 3 is 2.14 bits per heavy atom. The third-order valence-corrected chi connectivity index (χ3v) is 3.63. The molecular weight excluding hydrogens is 311 g/mol. The Morgan fingerprint density at radius 1 is 1.10 bits per heavy atom. The predicted molar refractivity (Wildman–Crippen MR) is 84.4 cm³/mol. The zero-order valence-corrected chi connectivity index (χ0v) is 12.6. The Bertz CT molecular complexity index is 634. The molecule has 0 aromatic heterocycles. The van der Waals surface area contributed by atoms with Crippen molar-refractivity contribution >= 4 is 34.8 Å². The number of carbonyl (C=O) groups is 1. The van der Waals surface area contributed by atoms with Crippen LogP contribution in [0.1, 0.15) is 21.5 Å². The van der Waals surface area contributed by atoms with Gasteiger partial charge in [-0.2, -0.15) is 0 Å². The third kappa shape index (κ3) is 3.88. The van der Waals surface area contributed by atoms with Gasteiger partial charge in [-0.15, -0.1) is 0 Å². The molecule has 0 aliphatic carbocycles. The number of benzene rings is 2. The third-order valence-electron chi connectivity index (χ3n) is 3.00. The van der Waals surface area contributed by atoms with Gasteiger partial charge in [-0.25, -0.2) is 0 Å². The Morgan fingerprint density at radius 2 is 1.62 bits per heavy atom. The topological polar surface area (TPSA) is 75.4 Å². The molecule has 110 valence electrons. The molecule has 1 amide bonds. The number of aliphatic hydroxyl groups is 1. The number of halogens is 2. The van der Waals surface area contributed by atoms with Gasteiger partial charge in [0.05, 0.1) is 22.3 Å². The van der Waals surface area contributed by atoms with Gasteiger partial charge in [-0.3, -0.25) is 4.79 Å². The number of rotatable bonds is 4. The molecule has 0 bridgehead atoms. The normalized spacial score (nSPS) is 10.4. The highest BCUT2D eigenvalue weighted by atomic mass is 35.5. The Labute approximate surface area is 132 Å². The van der Waals surface area contributed by atoms with Crippen LogP contribution in [0.4, 0.5) is 5.69 Å². The lowest BCUT2D eigenvalue weighted by Crippen LogP contribution is -2.22. The first-order chi connectivity index (χ1) is 10.0. The molecule has 0 atom stereocenters. The molecule has 2 aromatic carbocycles. The summed E-state index contributed by atoms with van der Waals surface area (Å²) < 4.78 is 0. The number of amides is 1. The molecular formula is C15H14Cl2N2O2. The molecule has 2 aromatic rings. The number of anilines is 1. The average Bonchev–Trinajstić information content (AvgIpc) is 2.50. The standard InChI is InChI=1S/C15H14Cl2N2O2/c16-12-5-11(6-13(17)14(12)18)15(21)19-7-9-1-3-10(8-20)4-2-9/h1-6,20H,7-8,18H2,(H,19,21). The van der Waals surface area contributed by atoms with E-state index in [4.69, 9.17) is 34.0 Å². The van der Waals surface area contributed by atoms with Crippen molar-refractivity contribution in [1.82, 2.24) is 5.32 Å². The van der Waals surface area contributed by atoms with E-state index in [2.05, 4.69) is 5.32 Å². The van der Waals surface area contributed by atoms with Crippen molar-refractivity contribution in [2.45, 2.75) is 13.2 Å². The first-order valence-electron chi connectivity index (χ1n) is 6.22. The lowest BCUT2D eigenvalue weighted by Gasteiger charge is -2.08. The molecule has 0 aliphatic rings. The van der Waals surface area contributed by atoms with Crippen molar-refractivity contribution in [3.8, 4) is 0 Å². The number of nitrogens with one attached hydrogen (secondary N) is 1. The number of aliphatic hydroxyl groups excluding tert-OH is 1. The van der Waals surface area contributed by atoms with Gasteiger partial charge < -0.3 is 16.2 Å². The van der Waals surface area contributed by atoms with Crippen molar-refractivity contribution in [3.05, 3.63) is 63.1 Å². The summed E-state index contributed by atoms with van der Waals surface area (Å²) in [5, 5.41) is 12.2. The number of hydrogen-bond donors (Lipinski definition) is 3. The van der Waals surface area contributed by atoms with Crippen LogP contribution in [0.5, 0.6) is 0 Å². The second kappa shape index (κ2) is 6.80. The SMILES string of the molecule is Nc1c(Cl)cc(C(=O)NCc2ccc(CO)cc2)cc1Cl. The fourth-order valence-electron chi connectivity index (χ4n) is 1.76. The molecule has 0 saturated heterocycles. The van der Waals surface area contributed by atoms with Crippen LogP contribution in [0.25, 0.3) is 0 Å². The quantitative estimate of drug-likeness (QED) is 0.757. The Kier molecular flexibility index (Phi) is 5.07. The first kappa shape index (κ1) is 15.6. The molecule has 6 heteroatoms. The number of hydrogen-bond acceptors (Lipinski definition) is 3. The van der Waals surface area contributed by atoms with E-state index in [1.807, 2.05) is 12.1 Å². The second-order valence-electron chi connectivity index (χ2n) is 4.51. The highest BCUT2D eigenvalue weighted by molar-refractivity contribution is 6.39. The lowest BCUT2D eigenvalue weighted by molar-refractivity contribution is 0.0951. The van der Waals surface area contributed by atoms with Gasteiger partial charge in [0.15, 0.2) is 0 Å². The highest BCUT2D eigenvalue weighted by Gasteiger charge is 2.11. The molecule has 21 heavy (non-hydrogen) atoms. The number of carbonyl (C=O) groups excluding carboxylic acids is 1. The van der Waals surface area contributed by atoms with Crippen molar-refractivity contribution < 1.29 is 9.90 Å². The van der Waals surface area contributed by atoms with E-state index in [9.17, 15) is 4.79 Å². The summed E-state index contributed by atoms with van der Waals surface area (Å²) in [7, 11) is 0. The lowest BCUT2D eigenvalue weighted by atomic mass is 10.1. The van der Waals surface area contributed by atoms with E-state index in [0.717, 1.165) is 11.1 Å². The van der Waals surface area contributed by atoms with Gasteiger partial charge in [0.2, 0.25) is 0 Å². The molecule has 0 spiro atoms. The minimum Gasteiger partial charge on any atom is -0.396 e. The summed E-state index contributed by atoms with van der Waals surface area (Å²) in [6.07, 6.45) is 0. The molecule has 0 heterocycles. The van der Waals surface area contributed by atoms with Crippen LogP contribution in [-0.4, -0.2) is 11.0 Å². The maximum absolute atomic E-state index is 12.0. The van der Waals surface area contributed by atoms with Crippen molar-refractivity contribution in [3.63, 3.8) is 0 Å². The van der Waals surface area contributed by atoms with Gasteiger partial charge >= 0.3 is 0 Å². The van der Waals surface area contributed by atoms with Crippen LogP contribution in [0.3, 0.4) is 0 Å². The predicted octanol–water partition coefficient (Wildman–Crippen LogP) is 3.00. The second-order valence-corrected chi connectivity index (χ2v) is 5.33. The van der Waals surface area contributed by atoms with E-state index in [0.29, 0.717) is 12.1 Å². The van der Waals surface area contributed by atoms with E-state index in [-0.39, 0.29) is 28.2 Å². The largest absolute Gasteiger partial charge is 0.396 e. The van der Waals surface area contributed by atoms with Crippen LogP contribution < -0.4 is 11.1 Å². The molecule has 4 nitrogen and oxygen atoms in total. The molecule has 0 radical (unpaired) electrons. The van der Waals surface area contributed by atoms with Gasteiger partial charge in [-0.05, 0) is 23.3 Å². The van der Waals surface area contributed by atoms with Crippen LogP contribution in [-0.2, 0) is 13.2 Å². The van der Waals surface area contributed by atoms with E-state index >= 15 is 0 Å². The van der Waals surface area contributed by atoms with Crippen molar-refractivity contribution in [2.24, 2.45) is 0 Å². The minimum absolute atomic E-state index is 0.00489. The zero-order valence-electron chi connectivity index (χ0n) is 11.1. The maximum Gasteiger partial charge on any atom is 0.251 e. The zero-order chi connectivity index (χ0) is 15.4. The van der Waals surface area contributed by atoms with E-state index < -0.39 is 0 Å². The first-order valence-corrected chi connectivity index (χ1v) is 6.98.